The Kier molecular flexibility index (Phi) is 30.3. The SMILES string of the molecule is C.C.CCC(=O)CC.CCC(=O)CC. The zero-order valence-corrected chi connectivity index (χ0v) is 8.64. The maximum atomic E-state index is 10.2. The Morgan fingerprint density at radius 3 is 0.786 bits per heavy atom. The van der Waals surface area contributed by atoms with Gasteiger partial charge in [-0.2, -0.15) is 0 Å². The van der Waals surface area contributed by atoms with Crippen LogP contribution in [0, 0.1) is 0 Å². The molecule has 0 fully saturated rings. The normalized spacial score (nSPS) is 7.14. The molecule has 0 spiro atoms. The van der Waals surface area contributed by atoms with Crippen LogP contribution in [-0.4, -0.2) is 11.6 Å². The van der Waals surface area contributed by atoms with Crippen LogP contribution >= 0.6 is 0 Å². The molecule has 0 aromatic carbocycles. The van der Waals surface area contributed by atoms with Gasteiger partial charge in [0.15, 0.2) is 0 Å². The van der Waals surface area contributed by atoms with Gasteiger partial charge in [0.1, 0.15) is 11.6 Å². The molecule has 2 nitrogen and oxygen atoms in total. The van der Waals surface area contributed by atoms with Crippen LogP contribution in [0.15, 0.2) is 0 Å². The van der Waals surface area contributed by atoms with Gasteiger partial charge in [0, 0.05) is 25.7 Å². The van der Waals surface area contributed by atoms with Gasteiger partial charge in [0.25, 0.3) is 0 Å². The minimum Gasteiger partial charge on any atom is -0.300 e. The van der Waals surface area contributed by atoms with Gasteiger partial charge in [-0.3, -0.25) is 9.59 Å². The van der Waals surface area contributed by atoms with E-state index in [1.165, 1.54) is 0 Å². The van der Waals surface area contributed by atoms with E-state index in [0.29, 0.717) is 37.2 Å². The standard InChI is InChI=1S/2C5H10O.2CH4/c2*1-3-5(6)4-2;;/h2*3-4H2,1-2H3;2*1H4. The highest BCUT2D eigenvalue weighted by Gasteiger charge is 1.87. The number of Topliss-reactive ketones (excluding diaryl/α,β-unsaturated/α-hetero) is 2. The lowest BCUT2D eigenvalue weighted by Crippen LogP contribution is -1.88. The lowest BCUT2D eigenvalue weighted by atomic mass is 10.3. The second-order valence-electron chi connectivity index (χ2n) is 2.49. The van der Waals surface area contributed by atoms with E-state index in [9.17, 15) is 9.59 Å². The third kappa shape index (κ3) is 22.5. The van der Waals surface area contributed by atoms with Crippen LogP contribution in [0.4, 0.5) is 0 Å². The average Bonchev–Trinajstić information content (AvgIpc) is 2.16. The van der Waals surface area contributed by atoms with Crippen molar-refractivity contribution in [3.63, 3.8) is 0 Å². The molecule has 0 rings (SSSR count). The van der Waals surface area contributed by atoms with E-state index in [1.54, 1.807) is 0 Å². The van der Waals surface area contributed by atoms with Gasteiger partial charge in [-0.25, -0.2) is 0 Å². The molecule has 0 heterocycles. The van der Waals surface area contributed by atoms with Crippen LogP contribution < -0.4 is 0 Å². The third-order valence-corrected chi connectivity index (χ3v) is 1.58. The second-order valence-corrected chi connectivity index (χ2v) is 2.49. The van der Waals surface area contributed by atoms with Gasteiger partial charge in [0.2, 0.25) is 0 Å². The Bertz CT molecular complexity index is 100. The first-order valence-electron chi connectivity index (χ1n) is 4.65. The van der Waals surface area contributed by atoms with Crippen LogP contribution in [0.2, 0.25) is 0 Å². The van der Waals surface area contributed by atoms with Crippen molar-refractivity contribution in [1.82, 2.24) is 0 Å². The molecule has 0 saturated heterocycles. The summed E-state index contributed by atoms with van der Waals surface area (Å²) < 4.78 is 0. The highest BCUT2D eigenvalue weighted by atomic mass is 16.1. The highest BCUT2D eigenvalue weighted by molar-refractivity contribution is 5.77. The lowest BCUT2D eigenvalue weighted by molar-refractivity contribution is -0.119. The molecule has 0 aromatic rings. The molecular weight excluding hydrogens is 176 g/mol. The fraction of sp³-hybridized carbons (Fsp3) is 0.833. The van der Waals surface area contributed by atoms with Gasteiger partial charge in [-0.15, -0.1) is 0 Å². The van der Waals surface area contributed by atoms with Crippen molar-refractivity contribution in [3.8, 4) is 0 Å². The van der Waals surface area contributed by atoms with E-state index in [4.69, 9.17) is 0 Å². The van der Waals surface area contributed by atoms with Gasteiger partial charge in [0.05, 0.1) is 0 Å². The topological polar surface area (TPSA) is 34.1 Å². The Balaban J connectivity index is -0.0000000625. The van der Waals surface area contributed by atoms with E-state index in [-0.39, 0.29) is 14.9 Å². The number of rotatable bonds is 4. The summed E-state index contributed by atoms with van der Waals surface area (Å²) in [5, 5.41) is 0. The van der Waals surface area contributed by atoms with E-state index >= 15 is 0 Å². The summed E-state index contributed by atoms with van der Waals surface area (Å²) in [7, 11) is 0. The zero-order valence-electron chi connectivity index (χ0n) is 8.64. The summed E-state index contributed by atoms with van der Waals surface area (Å²) >= 11 is 0. The van der Waals surface area contributed by atoms with Crippen LogP contribution in [0.5, 0.6) is 0 Å². The van der Waals surface area contributed by atoms with Gasteiger partial charge in [-0.1, -0.05) is 42.5 Å². The average molecular weight is 204 g/mol. The van der Waals surface area contributed by atoms with Gasteiger partial charge >= 0.3 is 0 Å². The summed E-state index contributed by atoms with van der Waals surface area (Å²) in [6, 6.07) is 0. The molecule has 0 aliphatic carbocycles. The lowest BCUT2D eigenvalue weighted by Gasteiger charge is -1.81. The molecule has 0 aromatic heterocycles. The molecule has 0 aliphatic rings. The van der Waals surface area contributed by atoms with Crippen LogP contribution in [-0.2, 0) is 9.59 Å². The quantitative estimate of drug-likeness (QED) is 0.693. The van der Waals surface area contributed by atoms with Crippen molar-refractivity contribution in [2.24, 2.45) is 0 Å². The Morgan fingerprint density at radius 2 is 0.786 bits per heavy atom. The van der Waals surface area contributed by atoms with E-state index in [2.05, 4.69) is 0 Å². The number of hydrogen-bond acceptors (Lipinski definition) is 2. The molecule has 0 aliphatic heterocycles. The summed E-state index contributed by atoms with van der Waals surface area (Å²) in [6.45, 7) is 7.52. The zero-order chi connectivity index (χ0) is 9.98. The molecule has 0 N–H and O–H groups in total. The molecule has 0 saturated carbocycles. The van der Waals surface area contributed by atoms with E-state index < -0.39 is 0 Å². The molecule has 0 radical (unpaired) electrons. The van der Waals surface area contributed by atoms with E-state index in [1.807, 2.05) is 27.7 Å². The molecule has 0 atom stereocenters. The van der Waals surface area contributed by atoms with Gasteiger partial charge in [-0.05, 0) is 0 Å². The fourth-order valence-electron chi connectivity index (χ4n) is 0.500. The number of hydrogen-bond donors (Lipinski definition) is 0. The summed E-state index contributed by atoms with van der Waals surface area (Å²) in [4.78, 5) is 20.4. The van der Waals surface area contributed by atoms with Crippen LogP contribution in [0.25, 0.3) is 0 Å². The van der Waals surface area contributed by atoms with Crippen molar-refractivity contribution in [2.45, 2.75) is 68.2 Å². The first-order valence-corrected chi connectivity index (χ1v) is 4.65. The first kappa shape index (κ1) is 23.3. The predicted molar refractivity (Wildman–Crippen MR) is 64.6 cm³/mol. The molecule has 0 bridgehead atoms. The van der Waals surface area contributed by atoms with Crippen molar-refractivity contribution in [2.75, 3.05) is 0 Å². The molecule has 14 heavy (non-hydrogen) atoms. The predicted octanol–water partition coefficient (Wildman–Crippen LogP) is 4.02. The summed E-state index contributed by atoms with van der Waals surface area (Å²) in [5.41, 5.74) is 0. The fourth-order valence-corrected chi connectivity index (χ4v) is 0.500. The minimum atomic E-state index is 0. The first-order chi connectivity index (χ1) is 5.62. The van der Waals surface area contributed by atoms with Crippen molar-refractivity contribution in [1.29, 1.82) is 0 Å². The summed E-state index contributed by atoms with van der Waals surface area (Å²) in [5.74, 6) is 0.685. The molecular formula is C12H28O2. The van der Waals surface area contributed by atoms with Crippen molar-refractivity contribution < 1.29 is 9.59 Å². The third-order valence-electron chi connectivity index (χ3n) is 1.58. The van der Waals surface area contributed by atoms with Crippen molar-refractivity contribution in [3.05, 3.63) is 0 Å². The Hall–Kier alpha value is -0.660. The largest absolute Gasteiger partial charge is 0.300 e. The second kappa shape index (κ2) is 18.2. The Labute approximate surface area is 90.1 Å². The van der Waals surface area contributed by atoms with E-state index in [0.717, 1.165) is 0 Å². The molecule has 88 valence electrons. The number of ketones is 2. The maximum Gasteiger partial charge on any atom is 0.132 e. The molecule has 0 unspecified atom stereocenters. The van der Waals surface area contributed by atoms with Crippen LogP contribution in [0.1, 0.15) is 68.2 Å². The maximum absolute atomic E-state index is 10.2. The smallest absolute Gasteiger partial charge is 0.132 e. The molecule has 0 amide bonds. The van der Waals surface area contributed by atoms with Crippen LogP contribution in [0.3, 0.4) is 0 Å². The number of carbonyl (C=O) groups is 2. The highest BCUT2D eigenvalue weighted by Crippen LogP contribution is 1.83. The monoisotopic (exact) mass is 204 g/mol. The Morgan fingerprint density at radius 1 is 0.643 bits per heavy atom. The number of carbonyl (C=O) groups excluding carboxylic acids is 2. The van der Waals surface area contributed by atoms with Gasteiger partial charge < -0.3 is 0 Å². The minimum absolute atomic E-state index is 0. The van der Waals surface area contributed by atoms with Crippen molar-refractivity contribution >= 4 is 11.6 Å². The summed E-state index contributed by atoms with van der Waals surface area (Å²) in [6.07, 6.45) is 2.76. The molecule has 2 heteroatoms.